The summed E-state index contributed by atoms with van der Waals surface area (Å²) in [4.78, 5) is 13.7. The maximum atomic E-state index is 11.6. The van der Waals surface area contributed by atoms with Gasteiger partial charge in [-0.2, -0.15) is 0 Å². The van der Waals surface area contributed by atoms with Gasteiger partial charge in [-0.3, -0.25) is 4.79 Å². The van der Waals surface area contributed by atoms with Crippen LogP contribution in [0.4, 0.5) is 0 Å². The van der Waals surface area contributed by atoms with Gasteiger partial charge in [-0.1, -0.05) is 13.0 Å². The van der Waals surface area contributed by atoms with Gasteiger partial charge in [0.1, 0.15) is 5.75 Å². The number of aromatic hydroxyl groups is 1. The molecule has 88 valence electrons. The average Bonchev–Trinajstić information content (AvgIpc) is 2.28. The molecule has 0 unspecified atom stereocenters. The number of hydrogen-bond acceptors (Lipinski definition) is 3. The van der Waals surface area contributed by atoms with Crippen molar-refractivity contribution < 1.29 is 9.90 Å². The van der Waals surface area contributed by atoms with E-state index >= 15 is 0 Å². The third-order valence-corrected chi connectivity index (χ3v) is 2.43. The highest BCUT2D eigenvalue weighted by atomic mass is 16.3. The van der Waals surface area contributed by atoms with Crippen LogP contribution in [0.15, 0.2) is 24.3 Å². The lowest BCUT2D eigenvalue weighted by molar-refractivity contribution is 0.0949. The Hall–Kier alpha value is -1.55. The summed E-state index contributed by atoms with van der Waals surface area (Å²) in [6, 6.07) is 6.33. The standard InChI is InChI=1S/C12H18N2O2/c1-3-14(2)8-7-13-12(16)10-5-4-6-11(15)9-10/h4-6,9,15H,3,7-8H2,1-2H3,(H,13,16). The van der Waals surface area contributed by atoms with Gasteiger partial charge in [0.25, 0.3) is 5.91 Å². The molecule has 1 amide bonds. The Labute approximate surface area is 95.9 Å². The molecule has 0 aliphatic rings. The van der Waals surface area contributed by atoms with Gasteiger partial charge in [0.2, 0.25) is 0 Å². The number of carbonyl (C=O) groups is 1. The molecule has 2 N–H and O–H groups in total. The van der Waals surface area contributed by atoms with Crippen LogP contribution in [0.25, 0.3) is 0 Å². The number of hydrogen-bond donors (Lipinski definition) is 2. The minimum atomic E-state index is -0.152. The molecular weight excluding hydrogens is 204 g/mol. The Morgan fingerprint density at radius 1 is 1.50 bits per heavy atom. The third-order valence-electron chi connectivity index (χ3n) is 2.43. The van der Waals surface area contributed by atoms with Gasteiger partial charge in [-0.05, 0) is 31.8 Å². The molecule has 0 saturated carbocycles. The van der Waals surface area contributed by atoms with Crippen molar-refractivity contribution in [2.75, 3.05) is 26.7 Å². The van der Waals surface area contributed by atoms with Crippen LogP contribution in [-0.2, 0) is 0 Å². The van der Waals surface area contributed by atoms with E-state index in [1.807, 2.05) is 7.05 Å². The number of nitrogens with one attached hydrogen (secondary N) is 1. The number of nitrogens with zero attached hydrogens (tertiary/aromatic N) is 1. The van der Waals surface area contributed by atoms with Crippen molar-refractivity contribution in [3.8, 4) is 5.75 Å². The Bertz CT molecular complexity index is 353. The molecule has 0 fully saturated rings. The first-order valence-electron chi connectivity index (χ1n) is 5.39. The number of amides is 1. The molecule has 0 heterocycles. The first-order valence-corrected chi connectivity index (χ1v) is 5.39. The fourth-order valence-corrected chi connectivity index (χ4v) is 1.27. The second-order valence-electron chi connectivity index (χ2n) is 3.70. The molecule has 0 saturated heterocycles. The SMILES string of the molecule is CCN(C)CCNC(=O)c1cccc(O)c1. The zero-order valence-electron chi connectivity index (χ0n) is 9.73. The van der Waals surface area contributed by atoms with E-state index in [2.05, 4.69) is 17.1 Å². The minimum absolute atomic E-state index is 0.110. The van der Waals surface area contributed by atoms with Crippen molar-refractivity contribution in [3.05, 3.63) is 29.8 Å². The van der Waals surface area contributed by atoms with Crippen LogP contribution in [0.1, 0.15) is 17.3 Å². The number of carbonyl (C=O) groups excluding carboxylic acids is 1. The van der Waals surface area contributed by atoms with Crippen LogP contribution in [0.3, 0.4) is 0 Å². The topological polar surface area (TPSA) is 52.6 Å². The normalized spacial score (nSPS) is 10.4. The van der Waals surface area contributed by atoms with Crippen LogP contribution in [0.5, 0.6) is 5.75 Å². The van der Waals surface area contributed by atoms with E-state index in [-0.39, 0.29) is 11.7 Å². The molecular formula is C12H18N2O2. The molecule has 0 atom stereocenters. The van der Waals surface area contributed by atoms with Crippen LogP contribution in [0.2, 0.25) is 0 Å². The lowest BCUT2D eigenvalue weighted by Gasteiger charge is -2.13. The fraction of sp³-hybridized carbons (Fsp3) is 0.417. The molecule has 0 aliphatic carbocycles. The van der Waals surface area contributed by atoms with Crippen LogP contribution >= 0.6 is 0 Å². The summed E-state index contributed by atoms with van der Waals surface area (Å²) in [5, 5.41) is 12.0. The van der Waals surface area contributed by atoms with E-state index in [0.717, 1.165) is 13.1 Å². The van der Waals surface area contributed by atoms with E-state index < -0.39 is 0 Å². The van der Waals surface area contributed by atoms with Gasteiger partial charge in [-0.15, -0.1) is 0 Å². The van der Waals surface area contributed by atoms with E-state index in [9.17, 15) is 9.90 Å². The summed E-state index contributed by atoms with van der Waals surface area (Å²) in [5.74, 6) is -0.0428. The smallest absolute Gasteiger partial charge is 0.251 e. The summed E-state index contributed by atoms with van der Waals surface area (Å²) in [7, 11) is 2.00. The zero-order chi connectivity index (χ0) is 12.0. The summed E-state index contributed by atoms with van der Waals surface area (Å²) >= 11 is 0. The number of benzene rings is 1. The monoisotopic (exact) mass is 222 g/mol. The molecule has 16 heavy (non-hydrogen) atoms. The largest absolute Gasteiger partial charge is 0.508 e. The third kappa shape index (κ3) is 3.90. The second kappa shape index (κ2) is 6.12. The molecule has 4 nitrogen and oxygen atoms in total. The van der Waals surface area contributed by atoms with Crippen molar-refractivity contribution in [1.82, 2.24) is 10.2 Å². The Morgan fingerprint density at radius 3 is 2.88 bits per heavy atom. The summed E-state index contributed by atoms with van der Waals surface area (Å²) in [6.07, 6.45) is 0. The Morgan fingerprint density at radius 2 is 2.25 bits per heavy atom. The predicted molar refractivity (Wildman–Crippen MR) is 63.6 cm³/mol. The van der Waals surface area contributed by atoms with E-state index in [1.165, 1.54) is 6.07 Å². The summed E-state index contributed by atoms with van der Waals surface area (Å²) in [5.41, 5.74) is 0.485. The molecule has 0 spiro atoms. The van der Waals surface area contributed by atoms with Crippen LogP contribution in [-0.4, -0.2) is 42.6 Å². The molecule has 1 aromatic rings. The van der Waals surface area contributed by atoms with E-state index in [0.29, 0.717) is 12.1 Å². The van der Waals surface area contributed by atoms with Gasteiger partial charge >= 0.3 is 0 Å². The Balaban J connectivity index is 2.41. The molecule has 0 aromatic heterocycles. The molecule has 0 bridgehead atoms. The van der Waals surface area contributed by atoms with Crippen molar-refractivity contribution in [2.24, 2.45) is 0 Å². The van der Waals surface area contributed by atoms with Gasteiger partial charge in [0.05, 0.1) is 0 Å². The summed E-state index contributed by atoms with van der Waals surface area (Å²) in [6.45, 7) is 4.46. The van der Waals surface area contributed by atoms with Crippen LogP contribution < -0.4 is 5.32 Å². The van der Waals surface area contributed by atoms with Crippen molar-refractivity contribution >= 4 is 5.91 Å². The van der Waals surface area contributed by atoms with Gasteiger partial charge in [0, 0.05) is 18.7 Å². The lowest BCUT2D eigenvalue weighted by atomic mass is 10.2. The van der Waals surface area contributed by atoms with E-state index in [1.54, 1.807) is 18.2 Å². The quantitative estimate of drug-likeness (QED) is 0.783. The molecule has 0 radical (unpaired) electrons. The summed E-state index contributed by atoms with van der Waals surface area (Å²) < 4.78 is 0. The van der Waals surface area contributed by atoms with Crippen molar-refractivity contribution in [2.45, 2.75) is 6.92 Å². The van der Waals surface area contributed by atoms with Crippen LogP contribution in [0, 0.1) is 0 Å². The average molecular weight is 222 g/mol. The zero-order valence-corrected chi connectivity index (χ0v) is 9.73. The number of phenols is 1. The second-order valence-corrected chi connectivity index (χ2v) is 3.70. The minimum Gasteiger partial charge on any atom is -0.508 e. The predicted octanol–water partition coefficient (Wildman–Crippen LogP) is 1.07. The lowest BCUT2D eigenvalue weighted by Crippen LogP contribution is -2.32. The van der Waals surface area contributed by atoms with Gasteiger partial charge < -0.3 is 15.3 Å². The highest BCUT2D eigenvalue weighted by Crippen LogP contribution is 2.10. The first-order chi connectivity index (χ1) is 7.63. The maximum absolute atomic E-state index is 11.6. The molecule has 4 heteroatoms. The van der Waals surface area contributed by atoms with Gasteiger partial charge in [-0.25, -0.2) is 0 Å². The number of likely N-dealkylation sites (N-methyl/N-ethyl adjacent to an activating group) is 1. The Kier molecular flexibility index (Phi) is 4.79. The number of phenolic OH excluding ortho intramolecular Hbond substituents is 1. The van der Waals surface area contributed by atoms with Crippen molar-refractivity contribution in [1.29, 1.82) is 0 Å². The maximum Gasteiger partial charge on any atom is 0.251 e. The fourth-order valence-electron chi connectivity index (χ4n) is 1.27. The van der Waals surface area contributed by atoms with E-state index in [4.69, 9.17) is 0 Å². The molecule has 1 aromatic carbocycles. The number of rotatable bonds is 5. The van der Waals surface area contributed by atoms with Gasteiger partial charge in [0.15, 0.2) is 0 Å². The molecule has 1 rings (SSSR count). The van der Waals surface area contributed by atoms with Crippen molar-refractivity contribution in [3.63, 3.8) is 0 Å². The highest BCUT2D eigenvalue weighted by Gasteiger charge is 2.05. The first kappa shape index (κ1) is 12.5. The molecule has 0 aliphatic heterocycles. The highest BCUT2D eigenvalue weighted by molar-refractivity contribution is 5.94.